The van der Waals surface area contributed by atoms with Gasteiger partial charge in [-0.15, -0.1) is 0 Å². The first-order valence-corrected chi connectivity index (χ1v) is 2.58. The van der Waals surface area contributed by atoms with Crippen molar-refractivity contribution in [2.75, 3.05) is 6.61 Å². The highest BCUT2D eigenvalue weighted by Crippen LogP contribution is 2.24. The molecule has 0 amide bonds. The number of aliphatic hydroxyl groups excluding tert-OH is 1. The molecule has 0 aromatic heterocycles. The molecule has 0 heterocycles. The van der Waals surface area contributed by atoms with Gasteiger partial charge < -0.3 is 10.8 Å². The fraction of sp³-hybridized carbons (Fsp3) is 0.800. The first-order chi connectivity index (χ1) is 3.66. The zero-order chi connectivity index (χ0) is 6.20. The van der Waals surface area contributed by atoms with Crippen LogP contribution in [-0.2, 0) is 4.79 Å². The van der Waals surface area contributed by atoms with Gasteiger partial charge in [0.05, 0.1) is 12.1 Å². The van der Waals surface area contributed by atoms with Crippen LogP contribution in [0.25, 0.3) is 0 Å². The van der Waals surface area contributed by atoms with Crippen molar-refractivity contribution in [3.63, 3.8) is 0 Å². The third-order valence-electron chi connectivity index (χ3n) is 1.41. The average Bonchev–Trinajstić information content (AvgIpc) is 1.63. The topological polar surface area (TPSA) is 63.3 Å². The van der Waals surface area contributed by atoms with E-state index in [1.165, 1.54) is 0 Å². The minimum atomic E-state index is -0.558. The van der Waals surface area contributed by atoms with E-state index in [0.29, 0.717) is 12.8 Å². The van der Waals surface area contributed by atoms with E-state index >= 15 is 0 Å². The number of ketones is 1. The molecule has 3 N–H and O–H groups in total. The van der Waals surface area contributed by atoms with Crippen LogP contribution in [0.5, 0.6) is 0 Å². The van der Waals surface area contributed by atoms with E-state index in [9.17, 15) is 4.79 Å². The van der Waals surface area contributed by atoms with E-state index in [4.69, 9.17) is 10.8 Å². The predicted molar refractivity (Wildman–Crippen MR) is 28.2 cm³/mol. The lowest BCUT2D eigenvalue weighted by atomic mass is 9.77. The van der Waals surface area contributed by atoms with Gasteiger partial charge in [0.2, 0.25) is 0 Å². The Morgan fingerprint density at radius 2 is 2.25 bits per heavy atom. The summed E-state index contributed by atoms with van der Waals surface area (Å²) in [4.78, 5) is 10.3. The molecule has 8 heavy (non-hydrogen) atoms. The second-order valence-corrected chi connectivity index (χ2v) is 2.41. The van der Waals surface area contributed by atoms with Gasteiger partial charge in [0, 0.05) is 12.8 Å². The molecule has 0 aliphatic heterocycles. The summed E-state index contributed by atoms with van der Waals surface area (Å²) < 4.78 is 0. The average molecular weight is 115 g/mol. The molecule has 3 nitrogen and oxygen atoms in total. The number of nitrogens with two attached hydrogens (primary N) is 1. The minimum absolute atomic E-state index is 0.0707. The van der Waals surface area contributed by atoms with Crippen molar-refractivity contribution in [2.24, 2.45) is 5.73 Å². The van der Waals surface area contributed by atoms with Gasteiger partial charge in [0.25, 0.3) is 0 Å². The monoisotopic (exact) mass is 115 g/mol. The smallest absolute Gasteiger partial charge is 0.136 e. The van der Waals surface area contributed by atoms with Crippen molar-refractivity contribution in [3.05, 3.63) is 0 Å². The standard InChI is InChI=1S/C5H9NO2/c6-5(3-7)1-4(8)2-5/h7H,1-3,6H2. The van der Waals surface area contributed by atoms with Crippen LogP contribution >= 0.6 is 0 Å². The summed E-state index contributed by atoms with van der Waals surface area (Å²) in [7, 11) is 0. The number of carbonyl (C=O) groups is 1. The molecule has 0 aromatic carbocycles. The largest absolute Gasteiger partial charge is 0.394 e. The summed E-state index contributed by atoms with van der Waals surface area (Å²) in [6.07, 6.45) is 0.701. The molecule has 0 aromatic rings. The Hall–Kier alpha value is -0.410. The molecule has 1 rings (SSSR count). The number of hydrogen-bond donors (Lipinski definition) is 2. The van der Waals surface area contributed by atoms with Crippen molar-refractivity contribution >= 4 is 5.78 Å². The summed E-state index contributed by atoms with van der Waals surface area (Å²) in [5.41, 5.74) is 4.86. The maximum absolute atomic E-state index is 10.3. The first kappa shape index (κ1) is 5.72. The van der Waals surface area contributed by atoms with E-state index in [1.807, 2.05) is 0 Å². The fourth-order valence-corrected chi connectivity index (χ4v) is 0.845. The Labute approximate surface area is 47.5 Å². The molecule has 0 bridgehead atoms. The lowest BCUT2D eigenvalue weighted by Crippen LogP contribution is -2.55. The van der Waals surface area contributed by atoms with Crippen molar-refractivity contribution in [1.29, 1.82) is 0 Å². The molecular weight excluding hydrogens is 106 g/mol. The number of Topliss-reactive ketones (excluding diaryl/α,β-unsaturated/α-hetero) is 1. The maximum atomic E-state index is 10.3. The van der Waals surface area contributed by atoms with Gasteiger partial charge >= 0.3 is 0 Å². The van der Waals surface area contributed by atoms with Crippen molar-refractivity contribution < 1.29 is 9.90 Å². The van der Waals surface area contributed by atoms with Crippen LogP contribution in [0.3, 0.4) is 0 Å². The second kappa shape index (κ2) is 1.53. The van der Waals surface area contributed by atoms with Gasteiger partial charge in [0.15, 0.2) is 0 Å². The normalized spacial score (nSPS) is 25.0. The molecule has 0 unspecified atom stereocenters. The number of rotatable bonds is 1. The summed E-state index contributed by atoms with van der Waals surface area (Å²) in [5.74, 6) is 0.154. The van der Waals surface area contributed by atoms with Gasteiger partial charge in [0.1, 0.15) is 5.78 Å². The van der Waals surface area contributed by atoms with Crippen LogP contribution in [0.4, 0.5) is 0 Å². The molecular formula is C5H9NO2. The van der Waals surface area contributed by atoms with E-state index in [-0.39, 0.29) is 12.4 Å². The lowest BCUT2D eigenvalue weighted by Gasteiger charge is -2.34. The van der Waals surface area contributed by atoms with E-state index in [2.05, 4.69) is 0 Å². The molecule has 1 aliphatic rings. The molecule has 1 fully saturated rings. The van der Waals surface area contributed by atoms with E-state index in [1.54, 1.807) is 0 Å². The molecule has 46 valence electrons. The zero-order valence-corrected chi connectivity index (χ0v) is 4.55. The third kappa shape index (κ3) is 0.743. The summed E-state index contributed by atoms with van der Waals surface area (Å²) in [6, 6.07) is 0. The first-order valence-electron chi connectivity index (χ1n) is 2.58. The molecule has 0 spiro atoms. The Balaban J connectivity index is 2.40. The van der Waals surface area contributed by atoms with Crippen molar-refractivity contribution in [1.82, 2.24) is 0 Å². The SMILES string of the molecule is NC1(CO)CC(=O)C1. The molecule has 0 saturated heterocycles. The summed E-state index contributed by atoms with van der Waals surface area (Å²) >= 11 is 0. The number of aliphatic hydroxyl groups is 1. The summed E-state index contributed by atoms with van der Waals surface area (Å²) in [6.45, 7) is -0.0707. The van der Waals surface area contributed by atoms with Gasteiger partial charge in [-0.3, -0.25) is 4.79 Å². The lowest BCUT2D eigenvalue weighted by molar-refractivity contribution is -0.129. The highest BCUT2D eigenvalue weighted by molar-refractivity contribution is 5.87. The van der Waals surface area contributed by atoms with Crippen LogP contribution in [0, 0.1) is 0 Å². The summed E-state index contributed by atoms with van der Waals surface area (Å²) in [5, 5.41) is 8.49. The minimum Gasteiger partial charge on any atom is -0.394 e. The van der Waals surface area contributed by atoms with Gasteiger partial charge in [-0.05, 0) is 0 Å². The molecule has 1 aliphatic carbocycles. The molecule has 0 radical (unpaired) electrons. The number of carbonyl (C=O) groups excluding carboxylic acids is 1. The highest BCUT2D eigenvalue weighted by Gasteiger charge is 2.38. The van der Waals surface area contributed by atoms with Gasteiger partial charge in [-0.1, -0.05) is 0 Å². The van der Waals surface area contributed by atoms with Crippen LogP contribution in [0.2, 0.25) is 0 Å². The Bertz CT molecular complexity index is 114. The fourth-order valence-electron chi connectivity index (χ4n) is 0.845. The van der Waals surface area contributed by atoms with Gasteiger partial charge in [-0.2, -0.15) is 0 Å². The van der Waals surface area contributed by atoms with E-state index < -0.39 is 5.54 Å². The van der Waals surface area contributed by atoms with E-state index in [0.717, 1.165) is 0 Å². The Morgan fingerprint density at radius 1 is 1.75 bits per heavy atom. The highest BCUT2D eigenvalue weighted by atomic mass is 16.3. The predicted octanol–water partition coefficient (Wildman–Crippen LogP) is -0.961. The molecule has 0 atom stereocenters. The third-order valence-corrected chi connectivity index (χ3v) is 1.41. The zero-order valence-electron chi connectivity index (χ0n) is 4.55. The molecule has 1 saturated carbocycles. The Kier molecular flexibility index (Phi) is 1.10. The number of hydrogen-bond acceptors (Lipinski definition) is 3. The quantitative estimate of drug-likeness (QED) is 0.462. The van der Waals surface area contributed by atoms with Crippen LogP contribution in [0.15, 0.2) is 0 Å². The van der Waals surface area contributed by atoms with Gasteiger partial charge in [-0.25, -0.2) is 0 Å². The molecule has 3 heteroatoms. The Morgan fingerprint density at radius 3 is 2.38 bits per heavy atom. The van der Waals surface area contributed by atoms with Crippen molar-refractivity contribution in [3.8, 4) is 0 Å². The second-order valence-electron chi connectivity index (χ2n) is 2.41. The van der Waals surface area contributed by atoms with Crippen molar-refractivity contribution in [2.45, 2.75) is 18.4 Å². The maximum Gasteiger partial charge on any atom is 0.136 e. The van der Waals surface area contributed by atoms with Crippen LogP contribution < -0.4 is 5.73 Å². The van der Waals surface area contributed by atoms with Crippen LogP contribution in [0.1, 0.15) is 12.8 Å². The van der Waals surface area contributed by atoms with Crippen LogP contribution in [-0.4, -0.2) is 23.0 Å².